The third-order valence-corrected chi connectivity index (χ3v) is 6.07. The van der Waals surface area contributed by atoms with Gasteiger partial charge in [-0.3, -0.25) is 4.79 Å². The molecule has 0 aliphatic carbocycles. The molecule has 0 bridgehead atoms. The molecule has 1 N–H and O–H groups in total. The molecule has 4 rings (SSSR count). The summed E-state index contributed by atoms with van der Waals surface area (Å²) in [6.07, 6.45) is 1.89. The van der Waals surface area contributed by atoms with Crippen LogP contribution >= 0.6 is 11.3 Å². The Bertz CT molecular complexity index is 955. The summed E-state index contributed by atoms with van der Waals surface area (Å²) < 4.78 is 5.43. The molecule has 1 unspecified atom stereocenters. The Morgan fingerprint density at radius 3 is 2.53 bits per heavy atom. The zero-order valence-corrected chi connectivity index (χ0v) is 17.9. The number of carbonyl (C=O) groups excluding carboxylic acids is 1. The minimum Gasteiger partial charge on any atom is -0.378 e. The Kier molecular flexibility index (Phi) is 6.06. The SMILES string of the molecule is CC(C)(C(=O)Nc1nncs1)C(c1ccccc1)c1ccc(N2CCOCC2)nc1. The molecule has 1 atom stereocenters. The second-order valence-electron chi connectivity index (χ2n) is 7.81. The zero-order chi connectivity index (χ0) is 21.0. The number of anilines is 2. The molecule has 1 saturated heterocycles. The summed E-state index contributed by atoms with van der Waals surface area (Å²) in [5, 5.41) is 11.2. The van der Waals surface area contributed by atoms with Crippen LogP contribution in [-0.2, 0) is 9.53 Å². The molecule has 0 spiro atoms. The van der Waals surface area contributed by atoms with E-state index in [4.69, 9.17) is 9.72 Å². The molecule has 1 aliphatic heterocycles. The first-order valence-corrected chi connectivity index (χ1v) is 10.8. The molecule has 3 heterocycles. The summed E-state index contributed by atoms with van der Waals surface area (Å²) in [6.45, 7) is 7.02. The van der Waals surface area contributed by atoms with Crippen molar-refractivity contribution in [3.05, 3.63) is 65.3 Å². The summed E-state index contributed by atoms with van der Waals surface area (Å²) in [7, 11) is 0. The fourth-order valence-corrected chi connectivity index (χ4v) is 4.28. The van der Waals surface area contributed by atoms with Crippen molar-refractivity contribution in [3.63, 3.8) is 0 Å². The van der Waals surface area contributed by atoms with Gasteiger partial charge in [0.25, 0.3) is 0 Å². The minimum atomic E-state index is -0.741. The highest BCUT2D eigenvalue weighted by Crippen LogP contribution is 2.42. The monoisotopic (exact) mass is 423 g/mol. The summed E-state index contributed by atoms with van der Waals surface area (Å²) in [5.41, 5.74) is 2.92. The third kappa shape index (κ3) is 4.34. The molecule has 156 valence electrons. The second kappa shape index (κ2) is 8.89. The molecule has 1 amide bonds. The highest BCUT2D eigenvalue weighted by molar-refractivity contribution is 7.13. The topological polar surface area (TPSA) is 80.2 Å². The van der Waals surface area contributed by atoms with Crippen molar-refractivity contribution in [1.82, 2.24) is 15.2 Å². The van der Waals surface area contributed by atoms with Crippen LogP contribution in [0.5, 0.6) is 0 Å². The maximum Gasteiger partial charge on any atom is 0.232 e. The number of morpholine rings is 1. The second-order valence-corrected chi connectivity index (χ2v) is 8.65. The number of hydrogen-bond acceptors (Lipinski definition) is 7. The average molecular weight is 424 g/mol. The third-order valence-electron chi connectivity index (χ3n) is 5.46. The number of nitrogens with zero attached hydrogens (tertiary/aromatic N) is 4. The lowest BCUT2D eigenvalue weighted by Crippen LogP contribution is -2.38. The van der Waals surface area contributed by atoms with Gasteiger partial charge >= 0.3 is 0 Å². The number of ether oxygens (including phenoxy) is 1. The Balaban J connectivity index is 1.65. The maximum absolute atomic E-state index is 13.2. The fraction of sp³-hybridized carbons (Fsp3) is 0.364. The predicted octanol–water partition coefficient (Wildman–Crippen LogP) is 3.57. The van der Waals surface area contributed by atoms with Crippen molar-refractivity contribution in [2.24, 2.45) is 5.41 Å². The number of hydrogen-bond donors (Lipinski definition) is 1. The van der Waals surface area contributed by atoms with E-state index >= 15 is 0 Å². The molecule has 8 heteroatoms. The first-order chi connectivity index (χ1) is 14.6. The van der Waals surface area contributed by atoms with E-state index in [-0.39, 0.29) is 11.8 Å². The highest BCUT2D eigenvalue weighted by atomic mass is 32.1. The number of pyridine rings is 1. The van der Waals surface area contributed by atoms with Crippen molar-refractivity contribution in [2.45, 2.75) is 19.8 Å². The highest BCUT2D eigenvalue weighted by Gasteiger charge is 2.39. The molecular weight excluding hydrogens is 398 g/mol. The van der Waals surface area contributed by atoms with Crippen LogP contribution in [0.3, 0.4) is 0 Å². The van der Waals surface area contributed by atoms with E-state index < -0.39 is 5.41 Å². The van der Waals surface area contributed by atoms with Crippen LogP contribution in [0.15, 0.2) is 54.2 Å². The minimum absolute atomic E-state index is 0.106. The lowest BCUT2D eigenvalue weighted by molar-refractivity contribution is -0.124. The van der Waals surface area contributed by atoms with Gasteiger partial charge < -0.3 is 15.0 Å². The Morgan fingerprint density at radius 2 is 1.90 bits per heavy atom. The Labute approximate surface area is 180 Å². The zero-order valence-electron chi connectivity index (χ0n) is 17.1. The van der Waals surface area contributed by atoms with Crippen molar-refractivity contribution in [1.29, 1.82) is 0 Å². The number of nitrogens with one attached hydrogen (secondary N) is 1. The number of benzene rings is 1. The molecule has 7 nitrogen and oxygen atoms in total. The lowest BCUT2D eigenvalue weighted by atomic mass is 9.71. The van der Waals surface area contributed by atoms with Crippen molar-refractivity contribution in [3.8, 4) is 0 Å². The van der Waals surface area contributed by atoms with E-state index in [2.05, 4.69) is 38.6 Å². The first-order valence-electron chi connectivity index (χ1n) is 9.97. The average Bonchev–Trinajstić information content (AvgIpc) is 3.29. The van der Waals surface area contributed by atoms with E-state index in [0.29, 0.717) is 5.13 Å². The van der Waals surface area contributed by atoms with Crippen LogP contribution in [0, 0.1) is 5.41 Å². The quantitative estimate of drug-likeness (QED) is 0.653. The van der Waals surface area contributed by atoms with E-state index in [1.807, 2.05) is 44.3 Å². The predicted molar refractivity (Wildman–Crippen MR) is 118 cm³/mol. The van der Waals surface area contributed by atoms with Crippen molar-refractivity contribution >= 4 is 28.2 Å². The number of amides is 1. The van der Waals surface area contributed by atoms with Crippen LogP contribution in [0.2, 0.25) is 0 Å². The summed E-state index contributed by atoms with van der Waals surface area (Å²) in [5.74, 6) is 0.660. The largest absolute Gasteiger partial charge is 0.378 e. The van der Waals surface area contributed by atoms with Crippen molar-refractivity contribution < 1.29 is 9.53 Å². The molecule has 1 fully saturated rings. The standard InChI is InChI=1S/C22H25N5O2S/c1-22(2,20(28)25-21-26-24-15-30-21)19(16-6-4-3-5-7-16)17-8-9-18(23-14-17)27-10-12-29-13-11-27/h3-9,14-15,19H,10-13H2,1-2H3,(H,25,26,28). The van der Waals surface area contributed by atoms with Crippen LogP contribution < -0.4 is 10.2 Å². The van der Waals surface area contributed by atoms with Gasteiger partial charge in [0.2, 0.25) is 11.0 Å². The molecule has 0 saturated carbocycles. The van der Waals surface area contributed by atoms with Gasteiger partial charge in [-0.15, -0.1) is 10.2 Å². The number of carbonyl (C=O) groups is 1. The normalized spacial score (nSPS) is 15.6. The molecule has 1 aromatic carbocycles. The van der Waals surface area contributed by atoms with Gasteiger partial charge in [-0.1, -0.05) is 61.6 Å². The van der Waals surface area contributed by atoms with Gasteiger partial charge in [-0.25, -0.2) is 4.98 Å². The summed E-state index contributed by atoms with van der Waals surface area (Å²) in [6, 6.07) is 14.2. The Morgan fingerprint density at radius 1 is 1.13 bits per heavy atom. The Hall–Kier alpha value is -2.84. The molecule has 2 aromatic heterocycles. The van der Waals surface area contributed by atoms with Gasteiger partial charge in [0.15, 0.2) is 0 Å². The number of rotatable bonds is 6. The van der Waals surface area contributed by atoms with Crippen LogP contribution in [0.25, 0.3) is 0 Å². The van der Waals surface area contributed by atoms with Crippen LogP contribution in [0.4, 0.5) is 10.9 Å². The van der Waals surface area contributed by atoms with Crippen molar-refractivity contribution in [2.75, 3.05) is 36.5 Å². The van der Waals surface area contributed by atoms with E-state index in [9.17, 15) is 4.79 Å². The molecule has 30 heavy (non-hydrogen) atoms. The smallest absolute Gasteiger partial charge is 0.232 e. The van der Waals surface area contributed by atoms with E-state index in [1.165, 1.54) is 11.3 Å². The molecule has 0 radical (unpaired) electrons. The van der Waals surface area contributed by atoms with Gasteiger partial charge in [-0.2, -0.15) is 0 Å². The molecule has 3 aromatic rings. The van der Waals surface area contributed by atoms with Gasteiger partial charge in [0, 0.05) is 25.2 Å². The van der Waals surface area contributed by atoms with E-state index in [0.717, 1.165) is 43.2 Å². The number of aromatic nitrogens is 3. The fourth-order valence-electron chi connectivity index (χ4n) is 3.84. The van der Waals surface area contributed by atoms with Crippen LogP contribution in [0.1, 0.15) is 30.9 Å². The van der Waals surface area contributed by atoms with Gasteiger partial charge in [-0.05, 0) is 17.2 Å². The van der Waals surface area contributed by atoms with E-state index in [1.54, 1.807) is 5.51 Å². The summed E-state index contributed by atoms with van der Waals surface area (Å²) in [4.78, 5) is 20.2. The maximum atomic E-state index is 13.2. The lowest BCUT2D eigenvalue weighted by Gasteiger charge is -2.34. The molecular formula is C22H25N5O2S. The van der Waals surface area contributed by atoms with Gasteiger partial charge in [0.05, 0.1) is 18.6 Å². The summed E-state index contributed by atoms with van der Waals surface area (Å²) >= 11 is 1.31. The van der Waals surface area contributed by atoms with Gasteiger partial charge in [0.1, 0.15) is 11.3 Å². The molecule has 1 aliphatic rings. The first kappa shape index (κ1) is 20.4. The van der Waals surface area contributed by atoms with Crippen LogP contribution in [-0.4, -0.2) is 47.4 Å².